The zero-order chi connectivity index (χ0) is 22.0. The molecule has 2 heterocycles. The third-order valence-corrected chi connectivity index (χ3v) is 3.13. The van der Waals surface area contributed by atoms with Crippen molar-refractivity contribution in [2.45, 2.75) is 60.0 Å². The Bertz CT molecular complexity index is 764. The number of aromatic nitrogens is 6. The number of hydrogen-bond acceptors (Lipinski definition) is 10. The Morgan fingerprint density at radius 1 is 0.724 bits per heavy atom. The first-order chi connectivity index (χ1) is 13.5. The normalized spacial score (nSPS) is 10.8. The van der Waals surface area contributed by atoms with Gasteiger partial charge < -0.3 is 21.3 Å². The van der Waals surface area contributed by atoms with Crippen molar-refractivity contribution < 1.29 is 0 Å². The van der Waals surface area contributed by atoms with Crippen molar-refractivity contribution in [1.29, 1.82) is 0 Å². The van der Waals surface area contributed by atoms with Crippen molar-refractivity contribution in [1.82, 2.24) is 29.9 Å². The summed E-state index contributed by atoms with van der Waals surface area (Å²) in [5.74, 6) is 1.97. The lowest BCUT2D eigenvalue weighted by molar-refractivity contribution is 0.625. The Labute approximate surface area is 182 Å². The van der Waals surface area contributed by atoms with Gasteiger partial charge in [-0.15, -0.1) is 0 Å². The van der Waals surface area contributed by atoms with Crippen LogP contribution >= 0.6 is 23.2 Å². The van der Waals surface area contributed by atoms with Crippen LogP contribution in [0.2, 0.25) is 10.6 Å². The van der Waals surface area contributed by atoms with E-state index in [1.54, 1.807) is 0 Å². The molecule has 10 nitrogen and oxygen atoms in total. The van der Waals surface area contributed by atoms with Gasteiger partial charge in [0.2, 0.25) is 34.4 Å². The summed E-state index contributed by atoms with van der Waals surface area (Å²) in [4.78, 5) is 24.1. The summed E-state index contributed by atoms with van der Waals surface area (Å²) in [7, 11) is 0. The summed E-state index contributed by atoms with van der Waals surface area (Å²) in [6.45, 7) is 15.5. The van der Waals surface area contributed by atoms with Crippen molar-refractivity contribution in [3.63, 3.8) is 0 Å². The van der Waals surface area contributed by atoms with Crippen molar-refractivity contribution in [2.24, 2.45) is 0 Å². The lowest BCUT2D eigenvalue weighted by atomic mass is 10.1. The molecule has 0 aliphatic heterocycles. The molecule has 0 bridgehead atoms. The molecule has 0 unspecified atom stereocenters. The van der Waals surface area contributed by atoms with Crippen molar-refractivity contribution in [2.75, 3.05) is 34.4 Å². The number of hydrogen-bond donors (Lipinski definition) is 4. The molecule has 29 heavy (non-hydrogen) atoms. The molecule has 0 aliphatic carbocycles. The molecule has 0 atom stereocenters. The highest BCUT2D eigenvalue weighted by molar-refractivity contribution is 6.28. The lowest BCUT2D eigenvalue weighted by Crippen LogP contribution is -2.27. The molecule has 2 rings (SSSR count). The molecular weight excluding hydrogens is 415 g/mol. The predicted molar refractivity (Wildman–Crippen MR) is 120 cm³/mol. The highest BCUT2D eigenvalue weighted by Crippen LogP contribution is 2.14. The Morgan fingerprint density at radius 2 is 1.14 bits per heavy atom. The highest BCUT2D eigenvalue weighted by Gasteiger charge is 2.13. The average molecular weight is 445 g/mol. The van der Waals surface area contributed by atoms with Crippen LogP contribution in [0.25, 0.3) is 0 Å². The average Bonchev–Trinajstić information content (AvgIpc) is 2.52. The molecule has 0 amide bonds. The van der Waals surface area contributed by atoms with E-state index in [-0.39, 0.29) is 22.1 Å². The summed E-state index contributed by atoms with van der Waals surface area (Å²) in [5, 5.41) is 12.5. The maximum absolute atomic E-state index is 5.77. The van der Waals surface area contributed by atoms with Crippen molar-refractivity contribution in [3.05, 3.63) is 10.6 Å². The van der Waals surface area contributed by atoms with Gasteiger partial charge in [0.05, 0.1) is 0 Å². The number of nitrogens with zero attached hydrogens (tertiary/aromatic N) is 6. The molecule has 162 valence electrons. The van der Waals surface area contributed by atoms with Gasteiger partial charge in [-0.05, 0) is 71.7 Å². The van der Waals surface area contributed by atoms with Gasteiger partial charge in [-0.25, -0.2) is 0 Å². The maximum Gasteiger partial charge on any atom is 0.229 e. The van der Waals surface area contributed by atoms with E-state index in [2.05, 4.69) is 51.2 Å². The van der Waals surface area contributed by atoms with Crippen LogP contribution in [0, 0.1) is 0 Å². The van der Waals surface area contributed by atoms with E-state index in [1.807, 2.05) is 48.5 Å². The second kappa shape index (κ2) is 11.7. The van der Waals surface area contributed by atoms with E-state index >= 15 is 0 Å². The van der Waals surface area contributed by atoms with Crippen LogP contribution < -0.4 is 21.3 Å². The maximum atomic E-state index is 5.77. The largest absolute Gasteiger partial charge is 0.354 e. The van der Waals surface area contributed by atoms with Gasteiger partial charge in [-0.2, -0.15) is 29.9 Å². The van der Waals surface area contributed by atoms with Gasteiger partial charge in [0.25, 0.3) is 0 Å². The molecule has 0 aromatic carbocycles. The van der Waals surface area contributed by atoms with E-state index in [0.29, 0.717) is 23.8 Å². The molecule has 0 spiro atoms. The first-order valence-corrected chi connectivity index (χ1v) is 10.1. The van der Waals surface area contributed by atoms with Crippen LogP contribution in [0.5, 0.6) is 0 Å². The summed E-state index contributed by atoms with van der Waals surface area (Å²) < 4.78 is 0. The number of anilines is 4. The minimum atomic E-state index is -0.103. The van der Waals surface area contributed by atoms with Gasteiger partial charge in [-0.1, -0.05) is 0 Å². The third kappa shape index (κ3) is 10.8. The molecule has 0 saturated carbocycles. The van der Waals surface area contributed by atoms with E-state index in [4.69, 9.17) is 23.2 Å². The number of nitrogens with one attached hydrogen (secondary N) is 4. The lowest BCUT2D eigenvalue weighted by Gasteiger charge is -2.20. The first-order valence-electron chi connectivity index (χ1n) is 9.38. The van der Waals surface area contributed by atoms with Crippen LogP contribution in [0.3, 0.4) is 0 Å². The fourth-order valence-electron chi connectivity index (χ4n) is 1.89. The topological polar surface area (TPSA) is 125 Å². The predicted octanol–water partition coefficient (Wildman–Crippen LogP) is 3.94. The summed E-state index contributed by atoms with van der Waals surface area (Å²) >= 11 is 11.5. The van der Waals surface area contributed by atoms with Crippen LogP contribution in [0.4, 0.5) is 23.8 Å². The van der Waals surface area contributed by atoms with Gasteiger partial charge >= 0.3 is 0 Å². The number of halogens is 2. The van der Waals surface area contributed by atoms with Gasteiger partial charge in [0.15, 0.2) is 0 Å². The Kier molecular flexibility index (Phi) is 10.0. The molecule has 2 aromatic rings. The van der Waals surface area contributed by atoms with Gasteiger partial charge in [-0.3, -0.25) is 0 Å². The second-order valence-electron chi connectivity index (χ2n) is 7.24. The standard InChI is InChI=1S/C9H16ClN5.C8H14ClN5/c1-5-11-7-12-6(10)13-8(14-7)15-9(2,3)4;1-4-10-7-12-6(9)13-8(14-7)11-5(2)3/h5H2,1-4H3,(H2,11,12,13,14,15);5H,4H2,1-3H3,(H2,10,11,12,13,14). The Morgan fingerprint density at radius 3 is 1.55 bits per heavy atom. The number of rotatable bonds is 7. The Balaban J connectivity index is 0.000000291. The molecule has 12 heteroatoms. The highest BCUT2D eigenvalue weighted by atomic mass is 35.5. The third-order valence-electron chi connectivity index (χ3n) is 2.79. The minimum absolute atomic E-state index is 0.103. The van der Waals surface area contributed by atoms with Gasteiger partial charge in [0.1, 0.15) is 0 Å². The minimum Gasteiger partial charge on any atom is -0.354 e. The van der Waals surface area contributed by atoms with Crippen LogP contribution in [-0.2, 0) is 0 Å². The van der Waals surface area contributed by atoms with Crippen molar-refractivity contribution in [3.8, 4) is 0 Å². The molecule has 4 N–H and O–H groups in total. The van der Waals surface area contributed by atoms with Crippen LogP contribution in [-0.4, -0.2) is 54.6 Å². The summed E-state index contributed by atoms with van der Waals surface area (Å²) in [6.07, 6.45) is 0. The molecule has 0 aliphatic rings. The summed E-state index contributed by atoms with van der Waals surface area (Å²) in [5.41, 5.74) is -0.103. The fourth-order valence-corrected chi connectivity index (χ4v) is 2.21. The fraction of sp³-hybridized carbons (Fsp3) is 0.647. The summed E-state index contributed by atoms with van der Waals surface area (Å²) in [6, 6.07) is 0.267. The first kappa shape index (κ1) is 24.8. The molecular formula is C17H30Cl2N10. The monoisotopic (exact) mass is 444 g/mol. The smallest absolute Gasteiger partial charge is 0.229 e. The van der Waals surface area contributed by atoms with E-state index < -0.39 is 0 Å². The Hall–Kier alpha value is -2.20. The molecule has 2 aromatic heterocycles. The SMILES string of the molecule is CCNc1nc(Cl)nc(NC(C)(C)C)n1.CCNc1nc(Cl)nc(NC(C)C)n1. The second-order valence-corrected chi connectivity index (χ2v) is 7.91. The van der Waals surface area contributed by atoms with Crippen molar-refractivity contribution >= 4 is 47.0 Å². The van der Waals surface area contributed by atoms with E-state index in [1.165, 1.54) is 0 Å². The van der Waals surface area contributed by atoms with Crippen LogP contribution in [0.1, 0.15) is 48.5 Å². The zero-order valence-corrected chi connectivity index (χ0v) is 19.4. The molecule has 0 saturated heterocycles. The molecule has 0 radical (unpaired) electrons. The zero-order valence-electron chi connectivity index (χ0n) is 17.9. The molecule has 0 fully saturated rings. The quantitative estimate of drug-likeness (QED) is 0.498. The van der Waals surface area contributed by atoms with Crippen LogP contribution in [0.15, 0.2) is 0 Å². The van der Waals surface area contributed by atoms with E-state index in [9.17, 15) is 0 Å². The van der Waals surface area contributed by atoms with E-state index in [0.717, 1.165) is 13.1 Å². The van der Waals surface area contributed by atoms with Gasteiger partial charge in [0, 0.05) is 24.7 Å².